The summed E-state index contributed by atoms with van der Waals surface area (Å²) < 4.78 is 33.6. The van der Waals surface area contributed by atoms with Crippen LogP contribution in [0.25, 0.3) is 0 Å². The number of ether oxygens (including phenoxy) is 1. The largest absolute Gasteiger partial charge is 0.496 e. The molecule has 2 fully saturated rings. The highest BCUT2D eigenvalue weighted by atomic mass is 32.2. The van der Waals surface area contributed by atoms with Crippen molar-refractivity contribution in [1.82, 2.24) is 9.21 Å². The van der Waals surface area contributed by atoms with Crippen molar-refractivity contribution in [2.24, 2.45) is 5.92 Å². The first-order valence-corrected chi connectivity index (χ1v) is 12.6. The Hall–Kier alpha value is -2.58. The fraction of sp³-hybridized carbons (Fsp3) is 0.458. The number of sulfonamides is 1. The monoisotopic (exact) mass is 457 g/mol. The molecular formula is C24H31N3O4S. The van der Waals surface area contributed by atoms with Crippen molar-refractivity contribution in [2.75, 3.05) is 51.3 Å². The molecule has 2 aliphatic rings. The Balaban J connectivity index is 1.52. The Bertz CT molecular complexity index is 1040. The Morgan fingerprint density at radius 3 is 2.22 bits per heavy atom. The van der Waals surface area contributed by atoms with Gasteiger partial charge in [-0.2, -0.15) is 4.31 Å². The lowest BCUT2D eigenvalue weighted by atomic mass is 9.98. The van der Waals surface area contributed by atoms with E-state index in [1.807, 2.05) is 30.3 Å². The molecule has 0 bridgehead atoms. The number of likely N-dealkylation sites (tertiary alicyclic amines) is 1. The van der Waals surface area contributed by atoms with E-state index in [-0.39, 0.29) is 10.8 Å². The SMILES string of the molecule is COc1ccc(S(=O)(=O)N2CCN(c3ccccc3)CC2)cc1C(=O)N1CCC(C)CC1. The van der Waals surface area contributed by atoms with Crippen molar-refractivity contribution in [3.05, 3.63) is 54.1 Å². The van der Waals surface area contributed by atoms with E-state index in [1.165, 1.54) is 23.5 Å². The summed E-state index contributed by atoms with van der Waals surface area (Å²) in [4.78, 5) is 17.3. The predicted molar refractivity (Wildman–Crippen MR) is 125 cm³/mol. The normalized spacial score (nSPS) is 18.6. The summed E-state index contributed by atoms with van der Waals surface area (Å²) in [5, 5.41) is 0. The Morgan fingerprint density at radius 2 is 1.59 bits per heavy atom. The highest BCUT2D eigenvalue weighted by Crippen LogP contribution is 2.28. The summed E-state index contributed by atoms with van der Waals surface area (Å²) in [5.41, 5.74) is 1.41. The summed E-state index contributed by atoms with van der Waals surface area (Å²) >= 11 is 0. The molecule has 0 radical (unpaired) electrons. The average Bonchev–Trinajstić information content (AvgIpc) is 2.84. The predicted octanol–water partition coefficient (Wildman–Crippen LogP) is 3.08. The molecule has 2 aromatic rings. The van der Waals surface area contributed by atoms with E-state index < -0.39 is 10.0 Å². The van der Waals surface area contributed by atoms with Crippen LogP contribution < -0.4 is 9.64 Å². The summed E-state index contributed by atoms with van der Waals surface area (Å²) in [6, 6.07) is 14.6. The lowest BCUT2D eigenvalue weighted by Crippen LogP contribution is -2.48. The standard InChI is InChI=1S/C24H31N3O4S/c1-19-10-12-26(13-11-19)24(28)22-18-21(8-9-23(22)31-2)32(29,30)27-16-14-25(15-17-27)20-6-4-3-5-7-20/h3-9,18-19H,10-17H2,1-2H3. The number of piperidine rings is 1. The second kappa shape index (κ2) is 9.50. The highest BCUT2D eigenvalue weighted by Gasteiger charge is 2.31. The van der Waals surface area contributed by atoms with Crippen LogP contribution in [0.5, 0.6) is 5.75 Å². The number of anilines is 1. The van der Waals surface area contributed by atoms with Gasteiger partial charge in [0.05, 0.1) is 17.6 Å². The maximum Gasteiger partial charge on any atom is 0.257 e. The molecule has 8 heteroatoms. The Labute approximate surface area is 190 Å². The number of hydrogen-bond acceptors (Lipinski definition) is 5. The van der Waals surface area contributed by atoms with Crippen LogP contribution in [-0.4, -0.2) is 69.9 Å². The molecular weight excluding hydrogens is 426 g/mol. The summed E-state index contributed by atoms with van der Waals surface area (Å²) in [7, 11) is -2.21. The summed E-state index contributed by atoms with van der Waals surface area (Å²) in [6.45, 7) is 5.59. The zero-order valence-electron chi connectivity index (χ0n) is 18.7. The molecule has 0 unspecified atom stereocenters. The third kappa shape index (κ3) is 4.61. The number of carbonyl (C=O) groups is 1. The van der Waals surface area contributed by atoms with E-state index >= 15 is 0 Å². The molecule has 32 heavy (non-hydrogen) atoms. The molecule has 0 N–H and O–H groups in total. The third-order valence-corrected chi connectivity index (χ3v) is 8.36. The van der Waals surface area contributed by atoms with Crippen molar-refractivity contribution in [1.29, 1.82) is 0 Å². The smallest absolute Gasteiger partial charge is 0.257 e. The quantitative estimate of drug-likeness (QED) is 0.690. The van der Waals surface area contributed by atoms with Crippen LogP contribution in [0.3, 0.4) is 0 Å². The van der Waals surface area contributed by atoms with Gasteiger partial charge in [-0.05, 0) is 49.1 Å². The minimum atomic E-state index is -3.71. The van der Waals surface area contributed by atoms with Gasteiger partial charge in [-0.25, -0.2) is 8.42 Å². The lowest BCUT2D eigenvalue weighted by molar-refractivity contribution is 0.0693. The van der Waals surface area contributed by atoms with Crippen molar-refractivity contribution in [3.8, 4) is 5.75 Å². The molecule has 2 heterocycles. The highest BCUT2D eigenvalue weighted by molar-refractivity contribution is 7.89. The third-order valence-electron chi connectivity index (χ3n) is 6.47. The van der Waals surface area contributed by atoms with Gasteiger partial charge in [0.2, 0.25) is 10.0 Å². The number of piperazine rings is 1. The van der Waals surface area contributed by atoms with Crippen molar-refractivity contribution < 1.29 is 17.9 Å². The van der Waals surface area contributed by atoms with E-state index in [0.29, 0.717) is 56.5 Å². The fourth-order valence-electron chi connectivity index (χ4n) is 4.37. The minimum Gasteiger partial charge on any atom is -0.496 e. The molecule has 0 aliphatic carbocycles. The molecule has 7 nitrogen and oxygen atoms in total. The van der Waals surface area contributed by atoms with E-state index in [9.17, 15) is 13.2 Å². The van der Waals surface area contributed by atoms with Gasteiger partial charge in [0.25, 0.3) is 5.91 Å². The van der Waals surface area contributed by atoms with E-state index in [0.717, 1.165) is 18.5 Å². The van der Waals surface area contributed by atoms with Crippen molar-refractivity contribution in [2.45, 2.75) is 24.7 Å². The molecule has 2 aliphatic heterocycles. The zero-order valence-corrected chi connectivity index (χ0v) is 19.6. The van der Waals surface area contributed by atoms with Gasteiger partial charge in [0, 0.05) is 45.0 Å². The van der Waals surface area contributed by atoms with Gasteiger partial charge in [0.1, 0.15) is 5.75 Å². The molecule has 0 aromatic heterocycles. The van der Waals surface area contributed by atoms with Crippen LogP contribution >= 0.6 is 0 Å². The number of nitrogens with zero attached hydrogens (tertiary/aromatic N) is 3. The number of rotatable bonds is 5. The average molecular weight is 458 g/mol. The van der Waals surface area contributed by atoms with Gasteiger partial charge >= 0.3 is 0 Å². The second-order valence-electron chi connectivity index (χ2n) is 8.56. The fourth-order valence-corrected chi connectivity index (χ4v) is 5.82. The van der Waals surface area contributed by atoms with Gasteiger partial charge in [0.15, 0.2) is 0 Å². The number of hydrogen-bond donors (Lipinski definition) is 0. The van der Waals surface area contributed by atoms with Crippen LogP contribution in [0, 0.1) is 5.92 Å². The molecule has 2 saturated heterocycles. The van der Waals surface area contributed by atoms with Gasteiger partial charge in [-0.3, -0.25) is 4.79 Å². The maximum absolute atomic E-state index is 13.4. The van der Waals surface area contributed by atoms with Crippen molar-refractivity contribution >= 4 is 21.6 Å². The molecule has 0 spiro atoms. The van der Waals surface area contributed by atoms with Crippen LogP contribution in [0.15, 0.2) is 53.4 Å². The molecule has 0 saturated carbocycles. The van der Waals surface area contributed by atoms with Gasteiger partial charge in [-0.15, -0.1) is 0 Å². The maximum atomic E-state index is 13.4. The minimum absolute atomic E-state index is 0.139. The number of amides is 1. The molecule has 2 aromatic carbocycles. The van der Waals surface area contributed by atoms with E-state index in [2.05, 4.69) is 11.8 Å². The lowest BCUT2D eigenvalue weighted by Gasteiger charge is -2.35. The topological polar surface area (TPSA) is 70.2 Å². The first-order chi connectivity index (χ1) is 15.4. The molecule has 172 valence electrons. The Morgan fingerprint density at radius 1 is 0.938 bits per heavy atom. The van der Waals surface area contributed by atoms with E-state index in [1.54, 1.807) is 11.0 Å². The summed E-state index contributed by atoms with van der Waals surface area (Å²) in [6.07, 6.45) is 1.91. The molecule has 0 atom stereocenters. The van der Waals surface area contributed by atoms with E-state index in [4.69, 9.17) is 4.74 Å². The number of benzene rings is 2. The number of carbonyl (C=O) groups excluding carboxylic acids is 1. The summed E-state index contributed by atoms with van der Waals surface area (Å²) in [5.74, 6) is 0.836. The van der Waals surface area contributed by atoms with Crippen LogP contribution in [0.2, 0.25) is 0 Å². The zero-order chi connectivity index (χ0) is 22.7. The number of methoxy groups -OCH3 is 1. The Kier molecular flexibility index (Phi) is 6.71. The van der Waals surface area contributed by atoms with Crippen LogP contribution in [-0.2, 0) is 10.0 Å². The second-order valence-corrected chi connectivity index (χ2v) is 10.5. The number of para-hydroxylation sites is 1. The van der Waals surface area contributed by atoms with Gasteiger partial charge < -0.3 is 14.5 Å². The molecule has 4 rings (SSSR count). The first kappa shape index (κ1) is 22.6. The van der Waals surface area contributed by atoms with Crippen LogP contribution in [0.4, 0.5) is 5.69 Å². The first-order valence-electron chi connectivity index (χ1n) is 11.2. The van der Waals surface area contributed by atoms with Crippen LogP contribution in [0.1, 0.15) is 30.1 Å². The molecule has 1 amide bonds. The van der Waals surface area contributed by atoms with Gasteiger partial charge in [-0.1, -0.05) is 25.1 Å². The van der Waals surface area contributed by atoms with Crippen molar-refractivity contribution in [3.63, 3.8) is 0 Å².